The van der Waals surface area contributed by atoms with Crippen LogP contribution in [0.2, 0.25) is 0 Å². The number of ether oxygens (including phenoxy) is 2. The smallest absolute Gasteiger partial charge is 0.404 e. The monoisotopic (exact) mass is 530 g/mol. The maximum absolute atomic E-state index is 13.2. The lowest BCUT2D eigenvalue weighted by molar-refractivity contribution is 0.0922. The molecule has 2 amide bonds. The van der Waals surface area contributed by atoms with E-state index in [1.165, 1.54) is 0 Å². The molecule has 1 aliphatic carbocycles. The second kappa shape index (κ2) is 12.0. The highest BCUT2D eigenvalue weighted by atomic mass is 16.5. The number of carboxylic acid groups (broad SMARTS) is 1. The zero-order valence-electron chi connectivity index (χ0n) is 21.1. The van der Waals surface area contributed by atoms with Crippen LogP contribution in [0, 0.1) is 10.8 Å². The molecule has 39 heavy (non-hydrogen) atoms. The fourth-order valence-electron chi connectivity index (χ4n) is 4.32. The summed E-state index contributed by atoms with van der Waals surface area (Å²) in [5.41, 5.74) is 12.5. The van der Waals surface area contributed by atoms with Crippen LogP contribution in [0.15, 0.2) is 66.7 Å². The molecule has 11 nitrogen and oxygen atoms in total. The van der Waals surface area contributed by atoms with Crippen molar-refractivity contribution in [2.45, 2.75) is 37.8 Å². The van der Waals surface area contributed by atoms with Gasteiger partial charge in [0, 0.05) is 34.8 Å². The van der Waals surface area contributed by atoms with Gasteiger partial charge in [0.2, 0.25) is 0 Å². The quantitative estimate of drug-likeness (QED) is 0.159. The molecular formula is C28H30N6O5. The number of nitrogens with one attached hydrogen (secondary N) is 4. The highest BCUT2D eigenvalue weighted by Gasteiger charge is 2.24. The second-order valence-corrected chi connectivity index (χ2v) is 9.24. The van der Waals surface area contributed by atoms with Crippen LogP contribution >= 0.6 is 0 Å². The van der Waals surface area contributed by atoms with E-state index >= 15 is 0 Å². The Kier molecular flexibility index (Phi) is 8.30. The van der Waals surface area contributed by atoms with Crippen LogP contribution in [-0.4, -0.2) is 40.9 Å². The van der Waals surface area contributed by atoms with Gasteiger partial charge in [-0.15, -0.1) is 0 Å². The van der Waals surface area contributed by atoms with Gasteiger partial charge in [-0.25, -0.2) is 4.79 Å². The minimum atomic E-state index is -1.04. The minimum absolute atomic E-state index is 0.0560. The first kappa shape index (κ1) is 27.0. The zero-order valence-corrected chi connectivity index (χ0v) is 21.1. The van der Waals surface area contributed by atoms with Gasteiger partial charge in [-0.2, -0.15) is 0 Å². The van der Waals surface area contributed by atoms with E-state index in [9.17, 15) is 9.59 Å². The Hall–Kier alpha value is -5.06. The van der Waals surface area contributed by atoms with E-state index in [-0.39, 0.29) is 29.7 Å². The number of carbonyl (C=O) groups is 2. The van der Waals surface area contributed by atoms with Gasteiger partial charge >= 0.3 is 6.09 Å². The number of amides is 2. The molecule has 4 rings (SSSR count). The summed E-state index contributed by atoms with van der Waals surface area (Å²) in [7, 11) is 0. The molecule has 1 saturated carbocycles. The van der Waals surface area contributed by atoms with Crippen LogP contribution in [0.3, 0.4) is 0 Å². The van der Waals surface area contributed by atoms with Crippen molar-refractivity contribution in [3.8, 4) is 23.0 Å². The van der Waals surface area contributed by atoms with E-state index in [1.54, 1.807) is 66.7 Å². The van der Waals surface area contributed by atoms with Crippen molar-refractivity contribution >= 4 is 23.7 Å². The number of nitrogens with two attached hydrogens (primary N) is 2. The Bertz CT molecular complexity index is 1290. The Morgan fingerprint density at radius 1 is 0.667 bits per heavy atom. The molecule has 0 aromatic heterocycles. The van der Waals surface area contributed by atoms with Crippen LogP contribution in [0.25, 0.3) is 0 Å². The van der Waals surface area contributed by atoms with Crippen molar-refractivity contribution < 1.29 is 24.2 Å². The van der Waals surface area contributed by atoms with Gasteiger partial charge in [-0.3, -0.25) is 15.6 Å². The summed E-state index contributed by atoms with van der Waals surface area (Å²) >= 11 is 0. The highest BCUT2D eigenvalue weighted by Crippen LogP contribution is 2.31. The molecule has 1 fully saturated rings. The van der Waals surface area contributed by atoms with Gasteiger partial charge in [0.1, 0.15) is 34.7 Å². The average Bonchev–Trinajstić information content (AvgIpc) is 2.90. The number of nitrogen functional groups attached to an aromatic ring is 2. The first-order chi connectivity index (χ1) is 18.7. The maximum atomic E-state index is 13.2. The molecule has 0 radical (unpaired) electrons. The van der Waals surface area contributed by atoms with Crippen molar-refractivity contribution in [2.24, 2.45) is 11.5 Å². The zero-order chi connectivity index (χ0) is 27.9. The molecule has 9 N–H and O–H groups in total. The van der Waals surface area contributed by atoms with Gasteiger partial charge in [-0.1, -0.05) is 0 Å². The van der Waals surface area contributed by atoms with Crippen LogP contribution in [-0.2, 0) is 0 Å². The molecule has 1 aliphatic rings. The number of hydrogen-bond donors (Lipinski definition) is 7. The van der Waals surface area contributed by atoms with Crippen LogP contribution in [0.4, 0.5) is 4.79 Å². The lowest BCUT2D eigenvalue weighted by Gasteiger charge is -2.29. The molecule has 0 bridgehead atoms. The van der Waals surface area contributed by atoms with Crippen molar-refractivity contribution in [3.63, 3.8) is 0 Å². The van der Waals surface area contributed by atoms with Crippen molar-refractivity contribution in [1.82, 2.24) is 10.6 Å². The molecule has 0 saturated heterocycles. The van der Waals surface area contributed by atoms with Gasteiger partial charge in [0.05, 0.1) is 0 Å². The van der Waals surface area contributed by atoms with Crippen molar-refractivity contribution in [3.05, 3.63) is 83.4 Å². The molecule has 0 spiro atoms. The lowest BCUT2D eigenvalue weighted by Crippen LogP contribution is -2.43. The van der Waals surface area contributed by atoms with E-state index in [0.717, 1.165) is 0 Å². The van der Waals surface area contributed by atoms with E-state index in [1.807, 2.05) is 0 Å². The molecule has 202 valence electrons. The van der Waals surface area contributed by atoms with E-state index in [2.05, 4.69) is 10.6 Å². The molecule has 3 aromatic rings. The van der Waals surface area contributed by atoms with Gasteiger partial charge in [0.15, 0.2) is 0 Å². The Labute approximate surface area is 225 Å². The summed E-state index contributed by atoms with van der Waals surface area (Å²) < 4.78 is 12.0. The Balaban J connectivity index is 1.53. The summed E-state index contributed by atoms with van der Waals surface area (Å²) in [6.07, 6.45) is 1.55. The SMILES string of the molecule is N=C(N)c1ccc(Oc2cc(Oc3ccc(C(=N)N)cc3)cc(C(=O)NC3CCC(NC(=O)O)CC3)c2)cc1. The minimum Gasteiger partial charge on any atom is -0.465 e. The third-order valence-electron chi connectivity index (χ3n) is 6.33. The number of carbonyl (C=O) groups excluding carboxylic acids is 1. The Morgan fingerprint density at radius 3 is 1.46 bits per heavy atom. The summed E-state index contributed by atoms with van der Waals surface area (Å²) in [5, 5.41) is 29.6. The predicted molar refractivity (Wildman–Crippen MR) is 146 cm³/mol. The topological polar surface area (TPSA) is 197 Å². The molecule has 0 heterocycles. The normalized spacial score (nSPS) is 16.5. The van der Waals surface area contributed by atoms with Gasteiger partial charge in [0.25, 0.3) is 5.91 Å². The van der Waals surface area contributed by atoms with Crippen LogP contribution < -0.4 is 31.6 Å². The standard InChI is InChI=1S/C28H30N6O5/c29-25(30)16-1-9-21(10-2-16)38-23-13-18(27(35)33-19-5-7-20(8-6-19)34-28(36)37)14-24(15-23)39-22-11-3-17(4-12-22)26(31)32/h1-4,9-15,19-20,34H,5-8H2,(H3,29,30)(H3,31,32)(H,33,35)(H,36,37). The molecule has 0 unspecified atom stereocenters. The lowest BCUT2D eigenvalue weighted by atomic mass is 9.91. The van der Waals surface area contributed by atoms with Crippen molar-refractivity contribution in [1.29, 1.82) is 10.8 Å². The molecule has 3 aromatic carbocycles. The van der Waals surface area contributed by atoms with E-state index in [4.69, 9.17) is 36.9 Å². The molecule has 11 heteroatoms. The van der Waals surface area contributed by atoms with Gasteiger partial charge < -0.3 is 36.7 Å². The first-order valence-electron chi connectivity index (χ1n) is 12.4. The number of amidine groups is 2. The highest BCUT2D eigenvalue weighted by molar-refractivity contribution is 5.96. The predicted octanol–water partition coefficient (Wildman–Crippen LogP) is 4.15. The summed E-state index contributed by atoms with van der Waals surface area (Å²) in [6.45, 7) is 0. The largest absolute Gasteiger partial charge is 0.465 e. The maximum Gasteiger partial charge on any atom is 0.404 e. The number of rotatable bonds is 9. The molecular weight excluding hydrogens is 500 g/mol. The number of benzene rings is 3. The molecule has 0 atom stereocenters. The first-order valence-corrected chi connectivity index (χ1v) is 12.4. The third kappa shape index (κ3) is 7.48. The number of hydrogen-bond acceptors (Lipinski definition) is 6. The fourth-order valence-corrected chi connectivity index (χ4v) is 4.32. The van der Waals surface area contributed by atoms with E-state index < -0.39 is 6.09 Å². The van der Waals surface area contributed by atoms with Crippen molar-refractivity contribution in [2.75, 3.05) is 0 Å². The summed E-state index contributed by atoms with van der Waals surface area (Å²) in [5.74, 6) is 1.28. The Morgan fingerprint density at radius 2 is 1.08 bits per heavy atom. The summed E-state index contributed by atoms with van der Waals surface area (Å²) in [4.78, 5) is 24.1. The summed E-state index contributed by atoms with van der Waals surface area (Å²) in [6, 6.07) is 18.0. The molecule has 0 aliphatic heterocycles. The van der Waals surface area contributed by atoms with Crippen LogP contribution in [0.5, 0.6) is 23.0 Å². The third-order valence-corrected chi connectivity index (χ3v) is 6.33. The van der Waals surface area contributed by atoms with E-state index in [0.29, 0.717) is 65.4 Å². The fraction of sp³-hybridized carbons (Fsp3) is 0.214. The second-order valence-electron chi connectivity index (χ2n) is 9.24. The van der Waals surface area contributed by atoms with Crippen LogP contribution in [0.1, 0.15) is 47.2 Å². The average molecular weight is 531 g/mol. The van der Waals surface area contributed by atoms with Gasteiger partial charge in [-0.05, 0) is 86.3 Å².